The first-order valence-corrected chi connectivity index (χ1v) is 7.07. The number of ether oxygens (including phenoxy) is 1. The molecule has 3 aromatic rings. The first-order valence-electron chi connectivity index (χ1n) is 6.66. The molecule has 0 amide bonds. The molecule has 1 N–H and O–H groups in total. The highest BCUT2D eigenvalue weighted by molar-refractivity contribution is 7.71. The van der Waals surface area contributed by atoms with Gasteiger partial charge in [0.05, 0.1) is 6.21 Å². The van der Waals surface area contributed by atoms with Crippen molar-refractivity contribution in [3.63, 3.8) is 0 Å². The molecule has 0 unspecified atom stereocenters. The molecule has 0 radical (unpaired) electrons. The monoisotopic (exact) mass is 372 g/mol. The molecule has 0 spiro atoms. The Kier molecular flexibility index (Phi) is 4.65. The maximum atomic E-state index is 13.5. The molecule has 0 saturated carbocycles. The van der Waals surface area contributed by atoms with Gasteiger partial charge in [-0.15, -0.1) is 0 Å². The highest BCUT2D eigenvalue weighted by Gasteiger charge is 2.21. The van der Waals surface area contributed by atoms with Crippen LogP contribution in [0.1, 0.15) is 11.5 Å². The van der Waals surface area contributed by atoms with Crippen LogP contribution in [0.5, 0.6) is 5.75 Å². The van der Waals surface area contributed by atoms with Gasteiger partial charge >= 0.3 is 0 Å². The van der Waals surface area contributed by atoms with Gasteiger partial charge < -0.3 is 9.15 Å². The number of hydrogen-bond acceptors (Lipinski definition) is 5. The molecule has 0 aliphatic rings. The number of nitrogens with one attached hydrogen (secondary N) is 1. The molecule has 0 saturated heterocycles. The van der Waals surface area contributed by atoms with Crippen molar-refractivity contribution < 1.29 is 26.7 Å². The molecular formula is C14H8F4N4O2S. The second-order valence-electron chi connectivity index (χ2n) is 4.64. The number of aromatic amines is 1. The van der Waals surface area contributed by atoms with Crippen LogP contribution < -0.4 is 4.74 Å². The van der Waals surface area contributed by atoms with E-state index in [1.54, 1.807) is 0 Å². The van der Waals surface area contributed by atoms with E-state index in [1.807, 2.05) is 0 Å². The Labute approximate surface area is 142 Å². The average molecular weight is 372 g/mol. The number of benzene rings is 1. The van der Waals surface area contributed by atoms with E-state index in [2.05, 4.69) is 15.3 Å². The fourth-order valence-electron chi connectivity index (χ4n) is 1.81. The third kappa shape index (κ3) is 3.60. The molecule has 2 aromatic heterocycles. The molecule has 11 heteroatoms. The van der Waals surface area contributed by atoms with E-state index in [1.165, 1.54) is 29.4 Å². The minimum absolute atomic E-state index is 0.0972. The van der Waals surface area contributed by atoms with Gasteiger partial charge in [0.1, 0.15) is 24.5 Å². The van der Waals surface area contributed by atoms with Crippen molar-refractivity contribution in [2.75, 3.05) is 0 Å². The Morgan fingerprint density at radius 3 is 2.60 bits per heavy atom. The van der Waals surface area contributed by atoms with Crippen molar-refractivity contribution in [1.82, 2.24) is 14.9 Å². The van der Waals surface area contributed by atoms with E-state index >= 15 is 0 Å². The second kappa shape index (κ2) is 6.89. The Hall–Kier alpha value is -2.95. The van der Waals surface area contributed by atoms with Crippen LogP contribution >= 0.6 is 12.2 Å². The second-order valence-corrected chi connectivity index (χ2v) is 5.03. The molecule has 1 aromatic carbocycles. The summed E-state index contributed by atoms with van der Waals surface area (Å²) in [6.07, 6.45) is 2.66. The minimum atomic E-state index is -1.62. The summed E-state index contributed by atoms with van der Waals surface area (Å²) in [7, 11) is 0. The Morgan fingerprint density at radius 2 is 1.96 bits per heavy atom. The molecular weight excluding hydrogens is 364 g/mol. The summed E-state index contributed by atoms with van der Waals surface area (Å²) in [4.78, 5) is 0. The highest BCUT2D eigenvalue weighted by Crippen LogP contribution is 2.27. The van der Waals surface area contributed by atoms with Crippen molar-refractivity contribution >= 4 is 18.4 Å². The van der Waals surface area contributed by atoms with Crippen LogP contribution in [0.25, 0.3) is 0 Å². The lowest BCUT2D eigenvalue weighted by Gasteiger charge is -2.07. The maximum absolute atomic E-state index is 13.5. The highest BCUT2D eigenvalue weighted by atomic mass is 32.1. The fraction of sp³-hybridized carbons (Fsp3) is 0.0714. The maximum Gasteiger partial charge on any atom is 0.216 e. The average Bonchev–Trinajstić information content (AvgIpc) is 3.20. The van der Waals surface area contributed by atoms with Gasteiger partial charge in [-0.25, -0.2) is 8.78 Å². The zero-order valence-corrected chi connectivity index (χ0v) is 13.0. The van der Waals surface area contributed by atoms with Gasteiger partial charge in [0.15, 0.2) is 17.4 Å². The quantitative estimate of drug-likeness (QED) is 0.322. The number of nitrogens with zero attached hydrogens (tertiary/aromatic N) is 3. The Balaban J connectivity index is 1.72. The van der Waals surface area contributed by atoms with Crippen LogP contribution in [0, 0.1) is 28.0 Å². The molecule has 0 aliphatic heterocycles. The summed E-state index contributed by atoms with van der Waals surface area (Å²) < 4.78 is 64.8. The largest absolute Gasteiger partial charge is 0.479 e. The standard InChI is InChI=1S/C14H8F4N4O2S/c15-9-3-10(16)12(18)13(11(9)17)23-5-8-2-1-7(24-8)4-20-22-6-19-21-14(22)25/h1-4,6H,5H2,(H,21,25)/b20-4-. The number of H-pyrrole nitrogens is 1. The van der Waals surface area contributed by atoms with Gasteiger partial charge in [0.25, 0.3) is 0 Å². The van der Waals surface area contributed by atoms with E-state index < -0.39 is 35.6 Å². The van der Waals surface area contributed by atoms with Gasteiger partial charge in [-0.2, -0.15) is 23.7 Å². The van der Waals surface area contributed by atoms with E-state index in [-0.39, 0.29) is 22.4 Å². The van der Waals surface area contributed by atoms with Crippen LogP contribution in [0.4, 0.5) is 17.6 Å². The van der Waals surface area contributed by atoms with Crippen LogP contribution in [-0.2, 0) is 6.61 Å². The van der Waals surface area contributed by atoms with Gasteiger partial charge in [0, 0.05) is 6.07 Å². The minimum Gasteiger partial charge on any atom is -0.479 e. The molecule has 0 fully saturated rings. The first-order chi connectivity index (χ1) is 12.0. The number of aromatic nitrogens is 3. The van der Waals surface area contributed by atoms with Gasteiger partial charge in [-0.1, -0.05) is 0 Å². The summed E-state index contributed by atoms with van der Waals surface area (Å²) in [5.41, 5.74) is 0. The first kappa shape index (κ1) is 16.9. The molecule has 0 atom stereocenters. The molecule has 0 aliphatic carbocycles. The summed E-state index contributed by atoms with van der Waals surface area (Å²) in [5.74, 6) is -7.08. The molecule has 130 valence electrons. The van der Waals surface area contributed by atoms with Crippen molar-refractivity contribution in [2.45, 2.75) is 6.61 Å². The summed E-state index contributed by atoms with van der Waals surface area (Å²) in [6.45, 7) is -0.449. The van der Waals surface area contributed by atoms with Gasteiger partial charge in [0.2, 0.25) is 16.4 Å². The normalized spacial score (nSPS) is 11.4. The molecule has 2 heterocycles. The number of rotatable bonds is 5. The van der Waals surface area contributed by atoms with Gasteiger partial charge in [-0.05, 0) is 24.4 Å². The number of furan rings is 1. The van der Waals surface area contributed by atoms with Crippen molar-refractivity contribution in [2.24, 2.45) is 5.10 Å². The van der Waals surface area contributed by atoms with E-state index in [0.717, 1.165) is 0 Å². The smallest absolute Gasteiger partial charge is 0.216 e. The van der Waals surface area contributed by atoms with Crippen LogP contribution in [0.15, 0.2) is 34.0 Å². The molecule has 25 heavy (non-hydrogen) atoms. The van der Waals surface area contributed by atoms with Crippen LogP contribution in [0.2, 0.25) is 0 Å². The van der Waals surface area contributed by atoms with Crippen molar-refractivity contribution in [1.29, 1.82) is 0 Å². The molecule has 0 bridgehead atoms. The third-order valence-corrected chi connectivity index (χ3v) is 3.24. The zero-order chi connectivity index (χ0) is 18.0. The van der Waals surface area contributed by atoms with Crippen LogP contribution in [0.3, 0.4) is 0 Å². The zero-order valence-electron chi connectivity index (χ0n) is 12.2. The topological polar surface area (TPSA) is 68.3 Å². The van der Waals surface area contributed by atoms with E-state index in [9.17, 15) is 17.6 Å². The Morgan fingerprint density at radius 1 is 1.24 bits per heavy atom. The van der Waals surface area contributed by atoms with Gasteiger partial charge in [-0.3, -0.25) is 5.10 Å². The lowest BCUT2D eigenvalue weighted by molar-refractivity contribution is 0.237. The molecule has 6 nitrogen and oxygen atoms in total. The SMILES string of the molecule is Fc1cc(F)c(F)c(OCc2ccc(/C=N\n3cn[nH]c3=S)o2)c1F. The number of halogens is 4. The predicted molar refractivity (Wildman–Crippen MR) is 79.7 cm³/mol. The van der Waals surface area contributed by atoms with Crippen molar-refractivity contribution in [3.05, 3.63) is 64.1 Å². The lowest BCUT2D eigenvalue weighted by Crippen LogP contribution is -2.03. The summed E-state index contributed by atoms with van der Waals surface area (Å²) >= 11 is 4.90. The third-order valence-electron chi connectivity index (χ3n) is 2.96. The number of hydrogen-bond donors (Lipinski definition) is 1. The van der Waals surface area contributed by atoms with Crippen LogP contribution in [-0.4, -0.2) is 21.1 Å². The summed E-state index contributed by atoms with van der Waals surface area (Å²) in [6, 6.07) is 3.05. The molecule has 3 rings (SSSR count). The Bertz CT molecular complexity index is 969. The lowest BCUT2D eigenvalue weighted by atomic mass is 10.3. The fourth-order valence-corrected chi connectivity index (χ4v) is 1.95. The van der Waals surface area contributed by atoms with E-state index in [4.69, 9.17) is 21.4 Å². The predicted octanol–water partition coefficient (Wildman–Crippen LogP) is 3.55. The van der Waals surface area contributed by atoms with E-state index in [0.29, 0.717) is 0 Å². The van der Waals surface area contributed by atoms with Crippen molar-refractivity contribution in [3.8, 4) is 5.75 Å². The summed E-state index contributed by atoms with van der Waals surface area (Å²) in [5, 5.41) is 10.1.